The van der Waals surface area contributed by atoms with E-state index in [0.717, 1.165) is 14.3 Å². The van der Waals surface area contributed by atoms with Crippen molar-refractivity contribution in [2.45, 2.75) is 30.5 Å². The van der Waals surface area contributed by atoms with Crippen LogP contribution in [0.5, 0.6) is 0 Å². The summed E-state index contributed by atoms with van der Waals surface area (Å²) < 4.78 is 40.1. The molecule has 7 heteroatoms. The molecule has 19 heavy (non-hydrogen) atoms. The van der Waals surface area contributed by atoms with Crippen LogP contribution in [0.25, 0.3) is 0 Å². The van der Waals surface area contributed by atoms with Crippen LogP contribution in [0, 0.1) is 6.92 Å². The number of nitrogens with zero attached hydrogens (tertiary/aromatic N) is 1. The zero-order valence-electron chi connectivity index (χ0n) is 10.4. The van der Waals surface area contributed by atoms with Crippen LogP contribution in [0.3, 0.4) is 0 Å². The van der Waals surface area contributed by atoms with Crippen LogP contribution in [0.15, 0.2) is 27.6 Å². The lowest BCUT2D eigenvalue weighted by Crippen LogP contribution is -2.37. The van der Waals surface area contributed by atoms with Gasteiger partial charge in [0.25, 0.3) is 0 Å². The summed E-state index contributed by atoms with van der Waals surface area (Å²) >= 11 is 3.31. The van der Waals surface area contributed by atoms with Gasteiger partial charge in [-0.1, -0.05) is 15.9 Å². The Hall–Kier alpha value is -0.500. The van der Waals surface area contributed by atoms with E-state index >= 15 is 0 Å². The van der Waals surface area contributed by atoms with Crippen molar-refractivity contribution < 1.29 is 17.9 Å². The lowest BCUT2D eigenvalue weighted by Gasteiger charge is -2.22. The number of sulfonamides is 1. The fourth-order valence-electron chi connectivity index (χ4n) is 2.20. The smallest absolute Gasteiger partial charge is 0.243 e. The number of halogens is 2. The highest BCUT2D eigenvalue weighted by Crippen LogP contribution is 2.29. The molecule has 0 amide bonds. The lowest BCUT2D eigenvalue weighted by atomic mass is 10.2. The van der Waals surface area contributed by atoms with Crippen LogP contribution in [-0.4, -0.2) is 43.2 Å². The first-order valence-corrected chi connectivity index (χ1v) is 8.12. The van der Waals surface area contributed by atoms with Crippen LogP contribution in [0.1, 0.15) is 12.0 Å². The first kappa shape index (κ1) is 14.9. The van der Waals surface area contributed by atoms with E-state index in [1.165, 1.54) is 6.07 Å². The molecule has 0 bridgehead atoms. The van der Waals surface area contributed by atoms with E-state index < -0.39 is 22.2 Å². The van der Waals surface area contributed by atoms with Gasteiger partial charge in [0, 0.05) is 11.0 Å². The molecule has 0 saturated carbocycles. The summed E-state index contributed by atoms with van der Waals surface area (Å²) in [5, 5.41) is 9.18. The van der Waals surface area contributed by atoms with Crippen molar-refractivity contribution in [3.63, 3.8) is 0 Å². The predicted molar refractivity (Wildman–Crippen MR) is 73.2 cm³/mol. The quantitative estimate of drug-likeness (QED) is 0.903. The summed E-state index contributed by atoms with van der Waals surface area (Å²) in [7, 11) is -3.76. The summed E-state index contributed by atoms with van der Waals surface area (Å²) in [6.45, 7) is 1.23. The number of hydrogen-bond acceptors (Lipinski definition) is 3. The molecule has 0 radical (unpaired) electrons. The summed E-state index contributed by atoms with van der Waals surface area (Å²) in [5.41, 5.74) is 0.789. The van der Waals surface area contributed by atoms with Crippen LogP contribution in [-0.2, 0) is 10.0 Å². The van der Waals surface area contributed by atoms with E-state index in [4.69, 9.17) is 0 Å². The third kappa shape index (κ3) is 2.84. The van der Waals surface area contributed by atoms with Gasteiger partial charge < -0.3 is 5.11 Å². The maximum atomic E-state index is 13.4. The standard InChI is InChI=1S/C12H15BrFNO3S/c1-8-4-11(2-3-12(8)13)19(17,18)15-6-9(14)5-10(15)7-16/h2-4,9-10,16H,5-7H2,1H3/t9-,10+/m1/s1. The van der Waals surface area contributed by atoms with Crippen molar-refractivity contribution in [3.05, 3.63) is 28.2 Å². The number of alkyl halides is 1. The molecule has 1 aromatic carbocycles. The molecule has 4 nitrogen and oxygen atoms in total. The van der Waals surface area contributed by atoms with E-state index in [1.807, 2.05) is 0 Å². The second kappa shape index (κ2) is 5.47. The number of aliphatic hydroxyl groups is 1. The van der Waals surface area contributed by atoms with Gasteiger partial charge in [-0.2, -0.15) is 4.31 Å². The van der Waals surface area contributed by atoms with Gasteiger partial charge in [-0.25, -0.2) is 12.8 Å². The Morgan fingerprint density at radius 3 is 2.79 bits per heavy atom. The van der Waals surface area contributed by atoms with Crippen molar-refractivity contribution in [2.75, 3.05) is 13.2 Å². The highest BCUT2D eigenvalue weighted by molar-refractivity contribution is 9.10. The number of aryl methyl sites for hydroxylation is 1. The minimum atomic E-state index is -3.76. The van der Waals surface area contributed by atoms with E-state index in [0.29, 0.717) is 0 Å². The molecule has 0 aliphatic carbocycles. The fourth-order valence-corrected chi connectivity index (χ4v) is 4.19. The molecule has 0 unspecified atom stereocenters. The van der Waals surface area contributed by atoms with Gasteiger partial charge in [-0.3, -0.25) is 0 Å². The lowest BCUT2D eigenvalue weighted by molar-refractivity contribution is 0.213. The Morgan fingerprint density at radius 2 is 2.21 bits per heavy atom. The fraction of sp³-hybridized carbons (Fsp3) is 0.500. The normalized spacial score (nSPS) is 24.8. The van der Waals surface area contributed by atoms with Gasteiger partial charge in [-0.15, -0.1) is 0 Å². The van der Waals surface area contributed by atoms with E-state index in [2.05, 4.69) is 15.9 Å². The number of aliphatic hydroxyl groups excluding tert-OH is 1. The molecule has 0 spiro atoms. The van der Waals surface area contributed by atoms with Crippen molar-refractivity contribution in [3.8, 4) is 0 Å². The predicted octanol–water partition coefficient (Wildman–Crippen LogP) is 1.85. The van der Waals surface area contributed by atoms with E-state index in [-0.39, 0.29) is 24.5 Å². The van der Waals surface area contributed by atoms with Crippen LogP contribution in [0.2, 0.25) is 0 Å². The van der Waals surface area contributed by atoms with Gasteiger partial charge in [0.2, 0.25) is 10.0 Å². The average molecular weight is 352 g/mol. The first-order chi connectivity index (χ1) is 8.86. The largest absolute Gasteiger partial charge is 0.395 e. The van der Waals surface area contributed by atoms with Gasteiger partial charge in [0.1, 0.15) is 6.17 Å². The number of rotatable bonds is 3. The van der Waals surface area contributed by atoms with E-state index in [9.17, 15) is 17.9 Å². The summed E-state index contributed by atoms with van der Waals surface area (Å²) in [6, 6.07) is 3.99. The number of benzene rings is 1. The van der Waals surface area contributed by atoms with Gasteiger partial charge >= 0.3 is 0 Å². The summed E-state index contributed by atoms with van der Waals surface area (Å²) in [6.07, 6.45) is -1.17. The minimum absolute atomic E-state index is 0.0469. The molecular weight excluding hydrogens is 337 g/mol. The van der Waals surface area contributed by atoms with E-state index in [1.54, 1.807) is 19.1 Å². The van der Waals surface area contributed by atoms with Crippen molar-refractivity contribution in [1.29, 1.82) is 0 Å². The molecule has 1 N–H and O–H groups in total. The van der Waals surface area contributed by atoms with Crippen molar-refractivity contribution in [1.82, 2.24) is 4.31 Å². The Balaban J connectivity index is 2.39. The highest BCUT2D eigenvalue weighted by atomic mass is 79.9. The number of hydrogen-bond donors (Lipinski definition) is 1. The second-order valence-electron chi connectivity index (χ2n) is 4.66. The molecule has 1 heterocycles. The molecular formula is C12H15BrFNO3S. The SMILES string of the molecule is Cc1cc(S(=O)(=O)N2C[C@H](F)C[C@H]2CO)ccc1Br. The molecule has 106 valence electrons. The van der Waals surface area contributed by atoms with Gasteiger partial charge in [0.05, 0.1) is 17.5 Å². The third-order valence-corrected chi connectivity index (χ3v) is 6.06. The Bertz CT molecular complexity index is 578. The van der Waals surface area contributed by atoms with Crippen LogP contribution in [0.4, 0.5) is 4.39 Å². The maximum absolute atomic E-state index is 13.4. The van der Waals surface area contributed by atoms with Crippen LogP contribution < -0.4 is 0 Å². The van der Waals surface area contributed by atoms with Gasteiger partial charge in [-0.05, 0) is 37.1 Å². The summed E-state index contributed by atoms with van der Waals surface area (Å²) in [5.74, 6) is 0. The van der Waals surface area contributed by atoms with Crippen molar-refractivity contribution >= 4 is 26.0 Å². The van der Waals surface area contributed by atoms with Crippen molar-refractivity contribution in [2.24, 2.45) is 0 Å². The first-order valence-electron chi connectivity index (χ1n) is 5.89. The molecule has 2 atom stereocenters. The molecule has 1 fully saturated rings. The zero-order chi connectivity index (χ0) is 14.2. The maximum Gasteiger partial charge on any atom is 0.243 e. The Morgan fingerprint density at radius 1 is 1.53 bits per heavy atom. The Kier molecular flexibility index (Phi) is 4.29. The molecule has 1 aliphatic rings. The highest BCUT2D eigenvalue weighted by Gasteiger charge is 2.40. The topological polar surface area (TPSA) is 57.6 Å². The minimum Gasteiger partial charge on any atom is -0.395 e. The summed E-state index contributed by atoms with van der Waals surface area (Å²) in [4.78, 5) is 0.126. The molecule has 0 aromatic heterocycles. The molecule has 2 rings (SSSR count). The van der Waals surface area contributed by atoms with Gasteiger partial charge in [0.15, 0.2) is 0 Å². The second-order valence-corrected chi connectivity index (χ2v) is 7.40. The molecule has 1 saturated heterocycles. The molecule has 1 aliphatic heterocycles. The van der Waals surface area contributed by atoms with Crippen LogP contribution >= 0.6 is 15.9 Å². The average Bonchev–Trinajstić information content (AvgIpc) is 2.74. The zero-order valence-corrected chi connectivity index (χ0v) is 12.8. The third-order valence-electron chi connectivity index (χ3n) is 3.26. The Labute approximate surface area is 120 Å². The molecule has 1 aromatic rings. The monoisotopic (exact) mass is 351 g/mol.